The first-order valence-electron chi connectivity index (χ1n) is 8.01. The number of esters is 3. The van der Waals surface area contributed by atoms with Crippen LogP contribution in [-0.2, 0) is 28.6 Å². The molecule has 0 heterocycles. The molecule has 0 aliphatic carbocycles. The molecular formula is C18H26O9. The van der Waals surface area contributed by atoms with Crippen LogP contribution >= 0.6 is 0 Å². The van der Waals surface area contributed by atoms with Gasteiger partial charge in [-0.05, 0) is 33.6 Å². The summed E-state index contributed by atoms with van der Waals surface area (Å²) >= 11 is 0. The molecular weight excluding hydrogens is 360 g/mol. The number of unbranched alkanes of at least 4 members (excludes halogenated alkanes) is 1. The molecule has 27 heavy (non-hydrogen) atoms. The highest BCUT2D eigenvalue weighted by Crippen LogP contribution is 2.34. The first-order valence-corrected chi connectivity index (χ1v) is 8.01. The van der Waals surface area contributed by atoms with Gasteiger partial charge in [0.15, 0.2) is 0 Å². The van der Waals surface area contributed by atoms with Gasteiger partial charge in [-0.3, -0.25) is 0 Å². The highest BCUT2D eigenvalue weighted by molar-refractivity contribution is 5.89. The summed E-state index contributed by atoms with van der Waals surface area (Å²) < 4.78 is 14.3. The average Bonchev–Trinajstić information content (AvgIpc) is 2.54. The minimum atomic E-state index is -3.40. The van der Waals surface area contributed by atoms with Gasteiger partial charge in [-0.1, -0.05) is 19.7 Å². The van der Waals surface area contributed by atoms with Crippen molar-refractivity contribution in [1.29, 1.82) is 0 Å². The van der Waals surface area contributed by atoms with Gasteiger partial charge in [0, 0.05) is 29.7 Å². The van der Waals surface area contributed by atoms with E-state index in [0.29, 0.717) is 0 Å². The van der Waals surface area contributed by atoms with Crippen LogP contribution in [0.5, 0.6) is 0 Å². The lowest BCUT2D eigenvalue weighted by atomic mass is 10.1. The zero-order valence-corrected chi connectivity index (χ0v) is 15.7. The molecule has 9 heteroatoms. The quantitative estimate of drug-likeness (QED) is 0.204. The van der Waals surface area contributed by atoms with Gasteiger partial charge in [-0.2, -0.15) is 0 Å². The lowest BCUT2D eigenvalue weighted by molar-refractivity contribution is -0.442. The van der Waals surface area contributed by atoms with E-state index in [0.717, 1.165) is 0 Å². The van der Waals surface area contributed by atoms with Gasteiger partial charge in [0.2, 0.25) is 0 Å². The van der Waals surface area contributed by atoms with Gasteiger partial charge >= 0.3 is 29.7 Å². The van der Waals surface area contributed by atoms with E-state index in [-0.39, 0.29) is 36.2 Å². The third kappa shape index (κ3) is 6.97. The number of carbonyl (C=O) groups is 3. The van der Waals surface area contributed by atoms with Crippen LogP contribution in [0.15, 0.2) is 36.5 Å². The zero-order valence-electron chi connectivity index (χ0n) is 15.7. The molecule has 9 nitrogen and oxygen atoms in total. The van der Waals surface area contributed by atoms with Crippen LogP contribution in [0.25, 0.3) is 0 Å². The maximum Gasteiger partial charge on any atom is 0.443 e. The zero-order chi connectivity index (χ0) is 21.4. The van der Waals surface area contributed by atoms with E-state index in [1.807, 2.05) is 0 Å². The van der Waals surface area contributed by atoms with Gasteiger partial charge < -0.3 is 29.5 Å². The predicted octanol–water partition coefficient (Wildman–Crippen LogP) is 0.842. The molecule has 1 unspecified atom stereocenters. The van der Waals surface area contributed by atoms with Crippen molar-refractivity contribution < 1.29 is 43.9 Å². The molecule has 0 aliphatic heterocycles. The van der Waals surface area contributed by atoms with Crippen molar-refractivity contribution in [3.8, 4) is 0 Å². The fraction of sp³-hybridized carbons (Fsp3) is 0.500. The molecule has 0 saturated heterocycles. The Morgan fingerprint density at radius 2 is 1.15 bits per heavy atom. The van der Waals surface area contributed by atoms with Crippen LogP contribution in [0.4, 0.5) is 0 Å². The summed E-state index contributed by atoms with van der Waals surface area (Å²) in [6.45, 7) is 13.5. The van der Waals surface area contributed by atoms with E-state index in [4.69, 9.17) is 19.3 Å². The van der Waals surface area contributed by atoms with Crippen molar-refractivity contribution in [1.82, 2.24) is 0 Å². The molecule has 0 radical (unpaired) electrons. The molecule has 0 bridgehead atoms. The van der Waals surface area contributed by atoms with Crippen LogP contribution < -0.4 is 0 Å². The minimum absolute atomic E-state index is 0.00796. The second kappa shape index (κ2) is 10.0. The fourth-order valence-electron chi connectivity index (χ4n) is 1.60. The molecule has 0 aromatic rings. The Bertz CT molecular complexity index is 607. The first kappa shape index (κ1) is 24.5. The Morgan fingerprint density at radius 1 is 0.778 bits per heavy atom. The Hall–Kier alpha value is -2.49. The predicted molar refractivity (Wildman–Crippen MR) is 93.6 cm³/mol. The molecule has 1 atom stereocenters. The second-order valence-corrected chi connectivity index (χ2v) is 6.06. The number of carbonyl (C=O) groups excluding carboxylic acids is 3. The monoisotopic (exact) mass is 386 g/mol. The van der Waals surface area contributed by atoms with E-state index in [2.05, 4.69) is 19.7 Å². The van der Waals surface area contributed by atoms with Crippen molar-refractivity contribution in [2.24, 2.45) is 0 Å². The van der Waals surface area contributed by atoms with Crippen LogP contribution in [0.2, 0.25) is 0 Å². The van der Waals surface area contributed by atoms with Crippen molar-refractivity contribution in [3.63, 3.8) is 0 Å². The van der Waals surface area contributed by atoms with Crippen LogP contribution in [0, 0.1) is 0 Å². The first-order chi connectivity index (χ1) is 12.3. The number of rotatable bonds is 11. The summed E-state index contributed by atoms with van der Waals surface area (Å²) in [5.41, 5.74) is -0.525. The van der Waals surface area contributed by atoms with Gasteiger partial charge in [-0.25, -0.2) is 14.4 Å². The lowest BCUT2D eigenvalue weighted by Gasteiger charge is -2.39. The van der Waals surface area contributed by atoms with Crippen LogP contribution in [0.3, 0.4) is 0 Å². The van der Waals surface area contributed by atoms with Crippen molar-refractivity contribution in [2.75, 3.05) is 6.61 Å². The number of aliphatic hydroxyl groups excluding tert-OH is 1. The topological polar surface area (TPSA) is 140 Å². The standard InChI is InChI=1S/C18H26O9/c1-11(2)14(20)25-17(23,9-7-8-10-19)18(24,26-15(21)12(3)4)27-16(22)13(5)6/h19,23-24H,1,3,5,7-10H2,2,4,6H3. The summed E-state index contributed by atoms with van der Waals surface area (Å²) in [4.78, 5) is 35.7. The Kier molecular flexibility index (Phi) is 9.08. The Balaban J connectivity index is 6.10. The summed E-state index contributed by atoms with van der Waals surface area (Å²) in [7, 11) is 0. The highest BCUT2D eigenvalue weighted by Gasteiger charge is 2.60. The number of ether oxygens (including phenoxy) is 3. The largest absolute Gasteiger partial charge is 0.443 e. The summed E-state index contributed by atoms with van der Waals surface area (Å²) in [5, 5.41) is 30.4. The van der Waals surface area contributed by atoms with Gasteiger partial charge in [-0.15, -0.1) is 0 Å². The van der Waals surface area contributed by atoms with Crippen molar-refractivity contribution in [3.05, 3.63) is 36.5 Å². The SMILES string of the molecule is C=C(C)C(=O)OC(O)(CCCCO)C(O)(OC(=O)C(=C)C)OC(=O)C(=C)C. The lowest BCUT2D eigenvalue weighted by Crippen LogP contribution is -2.62. The molecule has 0 fully saturated rings. The Morgan fingerprint density at radius 3 is 1.48 bits per heavy atom. The maximum atomic E-state index is 11.9. The third-order valence-electron chi connectivity index (χ3n) is 3.19. The fourth-order valence-corrected chi connectivity index (χ4v) is 1.60. The number of hydrogen-bond donors (Lipinski definition) is 3. The van der Waals surface area contributed by atoms with Crippen LogP contribution in [0.1, 0.15) is 40.0 Å². The van der Waals surface area contributed by atoms with Crippen molar-refractivity contribution >= 4 is 17.9 Å². The normalized spacial score (nSPS) is 13.1. The number of aliphatic hydroxyl groups is 3. The Labute approximate surface area is 157 Å². The van der Waals surface area contributed by atoms with E-state index in [1.165, 1.54) is 20.8 Å². The maximum absolute atomic E-state index is 11.9. The van der Waals surface area contributed by atoms with E-state index in [9.17, 15) is 24.6 Å². The molecule has 0 aromatic heterocycles. The highest BCUT2D eigenvalue weighted by atomic mass is 16.9. The molecule has 0 saturated carbocycles. The van der Waals surface area contributed by atoms with Gasteiger partial charge in [0.1, 0.15) is 0 Å². The van der Waals surface area contributed by atoms with Gasteiger partial charge in [0.25, 0.3) is 0 Å². The van der Waals surface area contributed by atoms with E-state index >= 15 is 0 Å². The summed E-state index contributed by atoms with van der Waals surface area (Å²) in [5.74, 6) is -9.98. The molecule has 3 N–H and O–H groups in total. The van der Waals surface area contributed by atoms with Crippen molar-refractivity contribution in [2.45, 2.75) is 51.8 Å². The molecule has 0 amide bonds. The smallest absolute Gasteiger partial charge is 0.418 e. The van der Waals surface area contributed by atoms with E-state index in [1.54, 1.807) is 0 Å². The molecule has 152 valence electrons. The second-order valence-electron chi connectivity index (χ2n) is 6.06. The minimum Gasteiger partial charge on any atom is -0.418 e. The molecule has 0 aromatic carbocycles. The molecule has 0 spiro atoms. The molecule has 0 rings (SSSR count). The molecule has 0 aliphatic rings. The summed E-state index contributed by atoms with van der Waals surface area (Å²) in [6.07, 6.45) is -0.393. The number of hydrogen-bond acceptors (Lipinski definition) is 9. The van der Waals surface area contributed by atoms with Gasteiger partial charge in [0.05, 0.1) is 0 Å². The van der Waals surface area contributed by atoms with E-state index < -0.39 is 36.1 Å². The average molecular weight is 386 g/mol. The van der Waals surface area contributed by atoms with Crippen LogP contribution in [-0.4, -0.2) is 51.6 Å². The summed E-state index contributed by atoms with van der Waals surface area (Å²) in [6, 6.07) is 0. The third-order valence-corrected chi connectivity index (χ3v) is 3.19.